The van der Waals surface area contributed by atoms with Crippen LogP contribution in [0.25, 0.3) is 0 Å². The molecular formula is C58H41F12N9O10. The number of amides is 4. The van der Waals surface area contributed by atoms with Crippen LogP contribution in [0.4, 0.5) is 69.7 Å². The third kappa shape index (κ3) is 14.4. The molecule has 4 N–H and O–H groups in total. The summed E-state index contributed by atoms with van der Waals surface area (Å²) in [4.78, 5) is 103. The average Bonchev–Trinajstić information content (AvgIpc) is 1.70. The molecule has 4 amide bonds. The molecule has 0 spiro atoms. The first-order valence-electron chi connectivity index (χ1n) is 25.5. The van der Waals surface area contributed by atoms with Gasteiger partial charge in [-0.2, -0.15) is 52.7 Å². The summed E-state index contributed by atoms with van der Waals surface area (Å²) >= 11 is 0. The number of hydrogen-bond donors (Lipinski definition) is 3. The lowest BCUT2D eigenvalue weighted by atomic mass is 9.97. The molecule has 2 aliphatic heterocycles. The second kappa shape index (κ2) is 25.2. The third-order valence-electron chi connectivity index (χ3n) is 13.1. The fourth-order valence-electron chi connectivity index (χ4n) is 9.45. The minimum Gasteiger partial charge on any atom is -0.494 e. The van der Waals surface area contributed by atoms with Crippen molar-refractivity contribution in [2.45, 2.75) is 63.0 Å². The molecule has 462 valence electrons. The van der Waals surface area contributed by atoms with Crippen molar-refractivity contribution in [2.75, 3.05) is 5.73 Å². The quantitative estimate of drug-likeness (QED) is 0.0449. The Kier molecular flexibility index (Phi) is 18.2. The molecule has 0 aliphatic carbocycles. The van der Waals surface area contributed by atoms with E-state index in [9.17, 15) is 96.1 Å². The van der Waals surface area contributed by atoms with Gasteiger partial charge in [0.1, 0.15) is 26.2 Å². The lowest BCUT2D eigenvalue weighted by Gasteiger charge is -2.27. The Labute approximate surface area is 490 Å². The first-order chi connectivity index (χ1) is 41.8. The van der Waals surface area contributed by atoms with Crippen LogP contribution in [0.15, 0.2) is 193 Å². The van der Waals surface area contributed by atoms with Gasteiger partial charge < -0.3 is 15.9 Å². The number of nitrogens with zero attached hydrogens (tertiary/aromatic N) is 8. The lowest BCUT2D eigenvalue weighted by molar-refractivity contribution is -0.147. The standard InChI is InChI=1S/C29H19F6N5O5.C21H16N2O2.C8H6F6N2O3/c30-28(31,32)14-38-25(43)21(26(44)39(27(38)45)15-29(33,34)35)37-36-19-13-7-12-18-20(19)24(42)40(23(18)41)22(16-8-3-1-4-9-16)17-10-5-2-6-11-17;22-17-13-7-12-16-18(17)21(25)23(20(16)24)19(14-8-3-1-4-9-14)15-10-5-2-6-11-15;9-7(10,11)2-15-4(17)1-5(18)16(6(15)19)3-8(12,13)14/h1-13,22,43H,14-15H2;1-13,19H,22H2;1,17H,2-3H2. The number of carbonyl (C=O) groups is 4. The molecule has 0 saturated carbocycles. The van der Waals surface area contributed by atoms with Crippen LogP contribution in [0.3, 0.4) is 0 Å². The number of halogens is 12. The number of anilines is 1. The second-order valence-electron chi connectivity index (χ2n) is 19.3. The summed E-state index contributed by atoms with van der Waals surface area (Å²) in [7, 11) is 0. The largest absolute Gasteiger partial charge is 0.494 e. The van der Waals surface area contributed by atoms with E-state index in [0.717, 1.165) is 22.1 Å². The smallest absolute Gasteiger partial charge is 0.406 e. The van der Waals surface area contributed by atoms with Gasteiger partial charge in [-0.05, 0) is 46.5 Å². The van der Waals surface area contributed by atoms with Gasteiger partial charge in [0, 0.05) is 5.69 Å². The van der Waals surface area contributed by atoms with Crippen LogP contribution in [-0.2, 0) is 26.2 Å². The molecule has 0 atom stereocenters. The molecular weight excluding hydrogens is 1210 g/mol. The van der Waals surface area contributed by atoms with Crippen molar-refractivity contribution in [2.24, 2.45) is 10.2 Å². The van der Waals surface area contributed by atoms with Gasteiger partial charge in [0.25, 0.3) is 34.7 Å². The molecule has 0 bridgehead atoms. The summed E-state index contributed by atoms with van der Waals surface area (Å²) in [5.41, 5.74) is 0.168. The Morgan fingerprint density at radius 1 is 0.404 bits per heavy atom. The summed E-state index contributed by atoms with van der Waals surface area (Å²) in [5, 5.41) is 26.4. The molecule has 10 rings (SSSR count). The van der Waals surface area contributed by atoms with E-state index in [1.165, 1.54) is 17.0 Å². The molecule has 2 aromatic heterocycles. The summed E-state index contributed by atoms with van der Waals surface area (Å²) in [5.74, 6) is -5.32. The topological polar surface area (TPSA) is 254 Å². The highest BCUT2D eigenvalue weighted by Gasteiger charge is 2.45. The zero-order valence-corrected chi connectivity index (χ0v) is 44.9. The van der Waals surface area contributed by atoms with Crippen molar-refractivity contribution in [1.29, 1.82) is 0 Å². The Bertz CT molecular complexity index is 4210. The number of fused-ring (bicyclic) bond motifs is 2. The molecule has 19 nitrogen and oxygen atoms in total. The van der Waals surface area contributed by atoms with Gasteiger partial charge in [-0.3, -0.25) is 52.3 Å². The molecule has 2 aliphatic rings. The van der Waals surface area contributed by atoms with Crippen LogP contribution in [0, 0.1) is 0 Å². The van der Waals surface area contributed by atoms with Crippen molar-refractivity contribution in [1.82, 2.24) is 28.1 Å². The highest BCUT2D eigenvalue weighted by atomic mass is 19.4. The Balaban J connectivity index is 0.000000194. The van der Waals surface area contributed by atoms with Gasteiger partial charge in [0.15, 0.2) is 0 Å². The highest BCUT2D eigenvalue weighted by Crippen LogP contribution is 2.41. The Hall–Kier alpha value is -10.9. The maximum atomic E-state index is 13.8. The number of benzene rings is 6. The molecule has 89 heavy (non-hydrogen) atoms. The van der Waals surface area contributed by atoms with E-state index in [0.29, 0.717) is 27.9 Å². The van der Waals surface area contributed by atoms with E-state index < -0.39 is 128 Å². The number of aromatic nitrogens is 4. The minimum absolute atomic E-state index is 0.110. The van der Waals surface area contributed by atoms with E-state index in [2.05, 4.69) is 10.2 Å². The van der Waals surface area contributed by atoms with Crippen LogP contribution >= 0.6 is 0 Å². The molecule has 0 radical (unpaired) electrons. The predicted octanol–water partition coefficient (Wildman–Crippen LogP) is 10.1. The van der Waals surface area contributed by atoms with E-state index in [4.69, 9.17) is 10.8 Å². The van der Waals surface area contributed by atoms with Gasteiger partial charge in [-0.25, -0.2) is 14.2 Å². The van der Waals surface area contributed by atoms with Crippen LogP contribution in [0.1, 0.15) is 75.8 Å². The lowest BCUT2D eigenvalue weighted by Crippen LogP contribution is -2.44. The van der Waals surface area contributed by atoms with Gasteiger partial charge in [0.05, 0.1) is 46.1 Å². The maximum absolute atomic E-state index is 13.8. The van der Waals surface area contributed by atoms with Crippen molar-refractivity contribution in [3.8, 4) is 11.8 Å². The van der Waals surface area contributed by atoms with Crippen molar-refractivity contribution in [3.05, 3.63) is 250 Å². The first kappa shape index (κ1) is 64.1. The fourth-order valence-corrected chi connectivity index (χ4v) is 9.45. The van der Waals surface area contributed by atoms with E-state index in [1.54, 1.807) is 78.9 Å². The second-order valence-corrected chi connectivity index (χ2v) is 19.3. The SMILES string of the molecule is Nc1cccc2c1C(=O)N(C(c1ccccc1)c1ccccc1)C2=O.O=C1c2cccc(N=Nc3c(O)n(CC(F)(F)F)c(=O)n(CC(F)(F)F)c3=O)c2C(=O)N1C(c1ccccc1)c1ccccc1.O=c1cc(O)n(CC(F)(F)F)c(=O)n1CC(F)(F)F. The zero-order valence-electron chi connectivity index (χ0n) is 44.9. The number of carbonyl (C=O) groups excluding carboxylic acids is 4. The number of imide groups is 2. The molecule has 6 aromatic carbocycles. The normalized spacial score (nSPS) is 13.4. The van der Waals surface area contributed by atoms with Crippen LogP contribution in [0.5, 0.6) is 11.8 Å². The van der Waals surface area contributed by atoms with Gasteiger partial charge in [0.2, 0.25) is 17.4 Å². The number of nitrogen functional groups attached to an aromatic ring is 1. The highest BCUT2D eigenvalue weighted by molar-refractivity contribution is 6.24. The Morgan fingerprint density at radius 3 is 1.18 bits per heavy atom. The van der Waals surface area contributed by atoms with Gasteiger partial charge >= 0.3 is 36.1 Å². The van der Waals surface area contributed by atoms with Crippen molar-refractivity contribution in [3.63, 3.8) is 0 Å². The predicted molar refractivity (Wildman–Crippen MR) is 289 cm³/mol. The average molecular weight is 1250 g/mol. The minimum atomic E-state index is -5.21. The van der Waals surface area contributed by atoms with Gasteiger partial charge in [-0.1, -0.05) is 133 Å². The summed E-state index contributed by atoms with van der Waals surface area (Å²) in [6.45, 7) is -8.58. The van der Waals surface area contributed by atoms with Crippen LogP contribution in [0.2, 0.25) is 0 Å². The summed E-state index contributed by atoms with van der Waals surface area (Å²) in [6, 6.07) is 43.7. The van der Waals surface area contributed by atoms with Crippen molar-refractivity contribution < 1.29 is 82.1 Å². The zero-order chi connectivity index (χ0) is 65.1. The molecule has 8 aromatic rings. The fraction of sp³-hybridized carbons (Fsp3) is 0.172. The monoisotopic (exact) mass is 1250 g/mol. The number of hydrogen-bond acceptors (Lipinski definition) is 13. The molecule has 4 heterocycles. The van der Waals surface area contributed by atoms with E-state index in [1.807, 2.05) is 60.7 Å². The maximum Gasteiger partial charge on any atom is 0.406 e. The van der Waals surface area contributed by atoms with E-state index >= 15 is 0 Å². The summed E-state index contributed by atoms with van der Waals surface area (Å²) in [6.07, 6.45) is -20.3. The summed E-state index contributed by atoms with van der Waals surface area (Å²) < 4.78 is 149. The molecule has 31 heteroatoms. The number of alkyl halides is 12. The first-order valence-corrected chi connectivity index (χ1v) is 25.5. The number of nitrogens with two attached hydrogens (primary N) is 1. The molecule has 0 saturated heterocycles. The number of rotatable bonds is 12. The van der Waals surface area contributed by atoms with Crippen molar-refractivity contribution >= 4 is 40.7 Å². The number of azo groups is 1. The molecule has 0 unspecified atom stereocenters. The van der Waals surface area contributed by atoms with Gasteiger partial charge in [-0.15, -0.1) is 10.2 Å². The Morgan fingerprint density at radius 2 is 0.764 bits per heavy atom. The van der Waals surface area contributed by atoms with Crippen LogP contribution < -0.4 is 28.2 Å². The number of aromatic hydroxyl groups is 2. The van der Waals surface area contributed by atoms with Crippen LogP contribution in [-0.4, -0.2) is 86.6 Å². The third-order valence-corrected chi connectivity index (χ3v) is 13.1. The molecule has 0 fully saturated rings. The van der Waals surface area contributed by atoms with E-state index in [-0.39, 0.29) is 39.3 Å².